The molecule has 0 saturated carbocycles. The first-order chi connectivity index (χ1) is 7.31. The van der Waals surface area contributed by atoms with Gasteiger partial charge >= 0.3 is 0 Å². The van der Waals surface area contributed by atoms with E-state index >= 15 is 0 Å². The van der Waals surface area contributed by atoms with E-state index in [2.05, 4.69) is 24.0 Å². The van der Waals surface area contributed by atoms with Crippen molar-refractivity contribution in [2.75, 3.05) is 19.6 Å². The molecule has 2 rings (SSSR count). The van der Waals surface area contributed by atoms with Crippen molar-refractivity contribution in [1.82, 2.24) is 4.90 Å². The second-order valence-electron chi connectivity index (χ2n) is 4.28. The lowest BCUT2D eigenvalue weighted by Crippen LogP contribution is -2.26. The lowest BCUT2D eigenvalue weighted by atomic mass is 10.1. The van der Waals surface area contributed by atoms with Crippen LogP contribution in [-0.2, 0) is 0 Å². The molecule has 0 amide bonds. The van der Waals surface area contributed by atoms with E-state index in [1.54, 1.807) is 0 Å². The van der Waals surface area contributed by atoms with E-state index in [0.717, 1.165) is 13.0 Å². The molecule has 0 bridgehead atoms. The average Bonchev–Trinajstić information content (AvgIpc) is 2.85. The van der Waals surface area contributed by atoms with Gasteiger partial charge < -0.3 is 5.73 Å². The van der Waals surface area contributed by atoms with Gasteiger partial charge in [-0.15, -0.1) is 11.3 Å². The van der Waals surface area contributed by atoms with Gasteiger partial charge in [0.05, 0.1) is 0 Å². The third-order valence-electron chi connectivity index (χ3n) is 3.11. The summed E-state index contributed by atoms with van der Waals surface area (Å²) in [4.78, 5) is 5.50. The first kappa shape index (κ1) is 11.1. The van der Waals surface area contributed by atoms with Gasteiger partial charge in [0.1, 0.15) is 0 Å². The summed E-state index contributed by atoms with van der Waals surface area (Å²) >= 11 is 1.93. The summed E-state index contributed by atoms with van der Waals surface area (Å²) in [5, 5.41) is 0. The molecule has 1 saturated heterocycles. The molecular formula is C12H20N2S. The summed E-state index contributed by atoms with van der Waals surface area (Å²) in [7, 11) is 0. The van der Waals surface area contributed by atoms with E-state index in [-0.39, 0.29) is 0 Å². The predicted molar refractivity (Wildman–Crippen MR) is 66.3 cm³/mol. The fourth-order valence-corrected chi connectivity index (χ4v) is 3.40. The summed E-state index contributed by atoms with van der Waals surface area (Å²) in [6, 6.07) is 5.08. The van der Waals surface area contributed by atoms with E-state index in [0.29, 0.717) is 6.04 Å². The van der Waals surface area contributed by atoms with Crippen LogP contribution in [0.3, 0.4) is 0 Å². The second kappa shape index (κ2) is 5.10. The van der Waals surface area contributed by atoms with Crippen molar-refractivity contribution in [1.29, 1.82) is 0 Å². The normalized spacial score (nSPS) is 19.6. The first-order valence-electron chi connectivity index (χ1n) is 5.81. The molecule has 0 aromatic carbocycles. The van der Waals surface area contributed by atoms with Gasteiger partial charge in [0.2, 0.25) is 0 Å². The van der Waals surface area contributed by atoms with Gasteiger partial charge in [-0.05, 0) is 58.0 Å². The number of hydrogen-bond donors (Lipinski definition) is 1. The first-order valence-corrected chi connectivity index (χ1v) is 6.63. The maximum atomic E-state index is 5.72. The molecule has 1 unspecified atom stereocenters. The van der Waals surface area contributed by atoms with Crippen molar-refractivity contribution in [2.45, 2.75) is 32.2 Å². The van der Waals surface area contributed by atoms with Crippen LogP contribution in [0.1, 0.15) is 35.1 Å². The highest BCUT2D eigenvalue weighted by Gasteiger charge is 2.23. The van der Waals surface area contributed by atoms with Crippen LogP contribution in [0.25, 0.3) is 0 Å². The van der Waals surface area contributed by atoms with Crippen molar-refractivity contribution in [3.8, 4) is 0 Å². The SMILES string of the molecule is Cc1ccc(C(CCN)N2CCCC2)s1. The highest BCUT2D eigenvalue weighted by atomic mass is 32.1. The molecule has 0 radical (unpaired) electrons. The second-order valence-corrected chi connectivity index (χ2v) is 5.60. The topological polar surface area (TPSA) is 29.3 Å². The third kappa shape index (κ3) is 2.60. The monoisotopic (exact) mass is 224 g/mol. The molecule has 0 aliphatic carbocycles. The number of aryl methyl sites for hydroxylation is 1. The zero-order valence-electron chi connectivity index (χ0n) is 9.41. The molecule has 84 valence electrons. The number of nitrogens with zero attached hydrogens (tertiary/aromatic N) is 1. The lowest BCUT2D eigenvalue weighted by Gasteiger charge is -2.26. The minimum Gasteiger partial charge on any atom is -0.330 e. The van der Waals surface area contributed by atoms with E-state index in [1.165, 1.54) is 35.7 Å². The summed E-state index contributed by atoms with van der Waals surface area (Å²) in [6.45, 7) is 5.47. The quantitative estimate of drug-likeness (QED) is 0.851. The number of rotatable bonds is 4. The molecule has 1 atom stereocenters. The van der Waals surface area contributed by atoms with Crippen LogP contribution in [0.4, 0.5) is 0 Å². The Hall–Kier alpha value is -0.380. The van der Waals surface area contributed by atoms with Crippen molar-refractivity contribution >= 4 is 11.3 Å². The lowest BCUT2D eigenvalue weighted by molar-refractivity contribution is 0.239. The molecule has 1 fully saturated rings. The number of thiophene rings is 1. The summed E-state index contributed by atoms with van der Waals surface area (Å²) < 4.78 is 0. The predicted octanol–water partition coefficient (Wildman–Crippen LogP) is 2.54. The Morgan fingerprint density at radius 1 is 1.40 bits per heavy atom. The van der Waals surface area contributed by atoms with E-state index < -0.39 is 0 Å². The minimum absolute atomic E-state index is 0.580. The van der Waals surface area contributed by atoms with Crippen molar-refractivity contribution in [2.24, 2.45) is 5.73 Å². The van der Waals surface area contributed by atoms with Gasteiger partial charge in [0.25, 0.3) is 0 Å². The van der Waals surface area contributed by atoms with Crippen LogP contribution in [0.5, 0.6) is 0 Å². The van der Waals surface area contributed by atoms with Crippen LogP contribution in [0.15, 0.2) is 12.1 Å². The molecule has 1 aliphatic heterocycles. The average molecular weight is 224 g/mol. The maximum absolute atomic E-state index is 5.72. The summed E-state index contributed by atoms with van der Waals surface area (Å²) in [5.41, 5.74) is 5.72. The smallest absolute Gasteiger partial charge is 0.0453 e. The van der Waals surface area contributed by atoms with Gasteiger partial charge in [-0.3, -0.25) is 4.90 Å². The minimum atomic E-state index is 0.580. The Balaban J connectivity index is 2.11. The molecule has 1 aromatic heterocycles. The molecule has 3 heteroatoms. The van der Waals surface area contributed by atoms with Crippen molar-refractivity contribution < 1.29 is 0 Å². The van der Waals surface area contributed by atoms with E-state index in [4.69, 9.17) is 5.73 Å². The number of nitrogens with two attached hydrogens (primary N) is 1. The standard InChI is InChI=1S/C12H20N2S/c1-10-4-5-12(15-10)11(6-7-13)14-8-2-3-9-14/h4-5,11H,2-3,6-9,13H2,1H3. The molecular weight excluding hydrogens is 204 g/mol. The molecule has 2 heterocycles. The van der Waals surface area contributed by atoms with Gasteiger partial charge in [-0.25, -0.2) is 0 Å². The van der Waals surface area contributed by atoms with Crippen LogP contribution >= 0.6 is 11.3 Å². The Bertz CT molecular complexity index is 302. The number of hydrogen-bond acceptors (Lipinski definition) is 3. The molecule has 2 nitrogen and oxygen atoms in total. The molecule has 1 aromatic rings. The highest BCUT2D eigenvalue weighted by molar-refractivity contribution is 7.12. The van der Waals surface area contributed by atoms with Crippen LogP contribution in [0.2, 0.25) is 0 Å². The molecule has 2 N–H and O–H groups in total. The Labute approximate surface area is 96.1 Å². The fraction of sp³-hybridized carbons (Fsp3) is 0.667. The molecule has 0 spiro atoms. The Kier molecular flexibility index (Phi) is 3.78. The summed E-state index contributed by atoms with van der Waals surface area (Å²) in [6.07, 6.45) is 3.80. The van der Waals surface area contributed by atoms with Gasteiger partial charge in [0.15, 0.2) is 0 Å². The Morgan fingerprint density at radius 3 is 2.67 bits per heavy atom. The largest absolute Gasteiger partial charge is 0.330 e. The van der Waals surface area contributed by atoms with Gasteiger partial charge in [-0.1, -0.05) is 0 Å². The maximum Gasteiger partial charge on any atom is 0.0453 e. The van der Waals surface area contributed by atoms with Crippen LogP contribution in [-0.4, -0.2) is 24.5 Å². The zero-order chi connectivity index (χ0) is 10.7. The van der Waals surface area contributed by atoms with E-state index in [1.807, 2.05) is 11.3 Å². The van der Waals surface area contributed by atoms with Gasteiger partial charge in [0, 0.05) is 15.8 Å². The zero-order valence-corrected chi connectivity index (χ0v) is 10.2. The number of likely N-dealkylation sites (tertiary alicyclic amines) is 1. The Morgan fingerprint density at radius 2 is 2.13 bits per heavy atom. The van der Waals surface area contributed by atoms with Crippen molar-refractivity contribution in [3.63, 3.8) is 0 Å². The molecule has 15 heavy (non-hydrogen) atoms. The fourth-order valence-electron chi connectivity index (χ4n) is 2.35. The summed E-state index contributed by atoms with van der Waals surface area (Å²) in [5.74, 6) is 0. The van der Waals surface area contributed by atoms with Crippen molar-refractivity contribution in [3.05, 3.63) is 21.9 Å². The van der Waals surface area contributed by atoms with Gasteiger partial charge in [-0.2, -0.15) is 0 Å². The van der Waals surface area contributed by atoms with Crippen LogP contribution in [0, 0.1) is 6.92 Å². The third-order valence-corrected chi connectivity index (χ3v) is 4.21. The van der Waals surface area contributed by atoms with Crippen LogP contribution < -0.4 is 5.73 Å². The van der Waals surface area contributed by atoms with E-state index in [9.17, 15) is 0 Å². The molecule has 1 aliphatic rings. The highest BCUT2D eigenvalue weighted by Crippen LogP contribution is 2.32.